The summed E-state index contributed by atoms with van der Waals surface area (Å²) in [5.74, 6) is 0. The summed E-state index contributed by atoms with van der Waals surface area (Å²) in [6.45, 7) is 8.11. The maximum Gasteiger partial charge on any atom is 0.318 e. The van der Waals surface area contributed by atoms with Gasteiger partial charge in [0.05, 0.1) is 0 Å². The fourth-order valence-electron chi connectivity index (χ4n) is 1.88. The molecule has 5 heteroatoms. The number of hydrogen-bond acceptors (Lipinski definition) is 2. The molecule has 21 heavy (non-hydrogen) atoms. The molecule has 0 radical (unpaired) electrons. The van der Waals surface area contributed by atoms with E-state index in [1.54, 1.807) is 6.20 Å². The van der Waals surface area contributed by atoms with E-state index in [0.717, 1.165) is 36.1 Å². The van der Waals surface area contributed by atoms with Crippen LogP contribution in [0.4, 0.5) is 4.79 Å². The second-order valence-electron chi connectivity index (χ2n) is 4.67. The largest absolute Gasteiger partial charge is 0.338 e. The molecule has 0 bridgehead atoms. The molecule has 4 nitrogen and oxygen atoms in total. The summed E-state index contributed by atoms with van der Waals surface area (Å²) in [4.78, 5) is 13.9. The number of benzene rings is 1. The Kier molecular flexibility index (Phi) is 8.78. The highest BCUT2D eigenvalue weighted by Crippen LogP contribution is 2.11. The van der Waals surface area contributed by atoms with Gasteiger partial charge in [-0.25, -0.2) is 4.79 Å². The van der Waals surface area contributed by atoms with Crippen LogP contribution >= 0.6 is 15.9 Å². The molecule has 0 spiro atoms. The molecule has 2 N–H and O–H groups in total. The Bertz CT molecular complexity index is 441. The molecule has 0 heterocycles. The maximum absolute atomic E-state index is 11.6. The summed E-state index contributed by atoms with van der Waals surface area (Å²) in [5, 5.41) is 5.55. The molecule has 0 saturated heterocycles. The monoisotopic (exact) mass is 353 g/mol. The van der Waals surface area contributed by atoms with Crippen molar-refractivity contribution in [2.75, 3.05) is 26.2 Å². The first-order valence-electron chi connectivity index (χ1n) is 7.34. The van der Waals surface area contributed by atoms with Crippen LogP contribution in [0.5, 0.6) is 0 Å². The first kappa shape index (κ1) is 17.7. The zero-order valence-corrected chi connectivity index (χ0v) is 14.3. The molecule has 0 fully saturated rings. The molecule has 2 amide bonds. The lowest BCUT2D eigenvalue weighted by Gasteiger charge is -2.17. The minimum Gasteiger partial charge on any atom is -0.338 e. The Balaban J connectivity index is 2.17. The van der Waals surface area contributed by atoms with Gasteiger partial charge in [0.2, 0.25) is 0 Å². The first-order valence-corrected chi connectivity index (χ1v) is 8.13. The van der Waals surface area contributed by atoms with E-state index in [0.29, 0.717) is 6.54 Å². The molecule has 0 saturated carbocycles. The molecular formula is C16H24BrN3O. The predicted molar refractivity (Wildman–Crippen MR) is 92.1 cm³/mol. The van der Waals surface area contributed by atoms with Gasteiger partial charge < -0.3 is 15.5 Å². The van der Waals surface area contributed by atoms with Crippen LogP contribution in [-0.4, -0.2) is 37.1 Å². The number of amides is 2. The molecule has 1 aromatic carbocycles. The SMILES string of the molecule is CCN(CC)CCCNC(=O)N/C=C/c1ccc(Br)cc1. The topological polar surface area (TPSA) is 44.4 Å². The van der Waals surface area contributed by atoms with Crippen molar-refractivity contribution in [3.63, 3.8) is 0 Å². The lowest BCUT2D eigenvalue weighted by atomic mass is 10.2. The van der Waals surface area contributed by atoms with Gasteiger partial charge in [-0.3, -0.25) is 0 Å². The zero-order chi connectivity index (χ0) is 15.5. The van der Waals surface area contributed by atoms with E-state index < -0.39 is 0 Å². The summed E-state index contributed by atoms with van der Waals surface area (Å²) in [6.07, 6.45) is 4.48. The van der Waals surface area contributed by atoms with Gasteiger partial charge in [0.15, 0.2) is 0 Å². The Hall–Kier alpha value is -1.33. The average Bonchev–Trinajstić information content (AvgIpc) is 2.49. The molecular weight excluding hydrogens is 330 g/mol. The number of urea groups is 1. The van der Waals surface area contributed by atoms with Crippen molar-refractivity contribution >= 4 is 28.0 Å². The van der Waals surface area contributed by atoms with Crippen molar-refractivity contribution in [3.8, 4) is 0 Å². The van der Waals surface area contributed by atoms with Crippen LogP contribution in [0.15, 0.2) is 34.9 Å². The number of nitrogens with one attached hydrogen (secondary N) is 2. The number of rotatable bonds is 8. The van der Waals surface area contributed by atoms with Crippen LogP contribution < -0.4 is 10.6 Å². The van der Waals surface area contributed by atoms with Crippen LogP contribution in [0.2, 0.25) is 0 Å². The van der Waals surface area contributed by atoms with E-state index >= 15 is 0 Å². The van der Waals surface area contributed by atoms with Gasteiger partial charge in [0, 0.05) is 17.2 Å². The molecule has 0 aliphatic heterocycles. The van der Waals surface area contributed by atoms with Crippen LogP contribution in [-0.2, 0) is 0 Å². The highest BCUT2D eigenvalue weighted by atomic mass is 79.9. The molecule has 0 unspecified atom stereocenters. The summed E-state index contributed by atoms with van der Waals surface area (Å²) >= 11 is 3.39. The van der Waals surface area contributed by atoms with Crippen molar-refractivity contribution in [3.05, 3.63) is 40.5 Å². The predicted octanol–water partition coefficient (Wildman–Crippen LogP) is 3.45. The van der Waals surface area contributed by atoms with Gasteiger partial charge in [0.25, 0.3) is 0 Å². The summed E-state index contributed by atoms with van der Waals surface area (Å²) in [7, 11) is 0. The number of carbonyl (C=O) groups excluding carboxylic acids is 1. The van der Waals surface area contributed by atoms with Crippen molar-refractivity contribution in [2.24, 2.45) is 0 Å². The molecule has 0 atom stereocenters. The second-order valence-corrected chi connectivity index (χ2v) is 5.58. The zero-order valence-electron chi connectivity index (χ0n) is 12.7. The minimum absolute atomic E-state index is 0.164. The van der Waals surface area contributed by atoms with E-state index in [9.17, 15) is 4.79 Å². The summed E-state index contributed by atoms with van der Waals surface area (Å²) in [6, 6.07) is 7.72. The smallest absolute Gasteiger partial charge is 0.318 e. The minimum atomic E-state index is -0.164. The Morgan fingerprint density at radius 1 is 1.24 bits per heavy atom. The number of nitrogens with zero attached hydrogens (tertiary/aromatic N) is 1. The van der Waals surface area contributed by atoms with Gasteiger partial charge in [-0.2, -0.15) is 0 Å². The van der Waals surface area contributed by atoms with E-state index in [1.807, 2.05) is 30.3 Å². The van der Waals surface area contributed by atoms with Crippen molar-refractivity contribution in [1.82, 2.24) is 15.5 Å². The Morgan fingerprint density at radius 3 is 2.52 bits per heavy atom. The van der Waals surface area contributed by atoms with Crippen molar-refractivity contribution < 1.29 is 4.79 Å². The lowest BCUT2D eigenvalue weighted by molar-refractivity contribution is 0.242. The molecule has 1 rings (SSSR count). The quantitative estimate of drug-likeness (QED) is 0.703. The van der Waals surface area contributed by atoms with E-state index in [1.165, 1.54) is 0 Å². The normalized spacial score (nSPS) is 11.0. The van der Waals surface area contributed by atoms with Crippen LogP contribution in [0.3, 0.4) is 0 Å². The van der Waals surface area contributed by atoms with Crippen molar-refractivity contribution in [1.29, 1.82) is 0 Å². The van der Waals surface area contributed by atoms with Gasteiger partial charge in [0.1, 0.15) is 0 Å². The highest BCUT2D eigenvalue weighted by molar-refractivity contribution is 9.10. The van der Waals surface area contributed by atoms with E-state index in [-0.39, 0.29) is 6.03 Å². The molecule has 116 valence electrons. The maximum atomic E-state index is 11.6. The average molecular weight is 354 g/mol. The van der Waals surface area contributed by atoms with Gasteiger partial charge >= 0.3 is 6.03 Å². The van der Waals surface area contributed by atoms with Crippen LogP contribution in [0.25, 0.3) is 6.08 Å². The third-order valence-electron chi connectivity index (χ3n) is 3.19. The third kappa shape index (κ3) is 7.87. The van der Waals surface area contributed by atoms with Crippen LogP contribution in [0, 0.1) is 0 Å². The molecule has 0 aliphatic carbocycles. The number of carbonyl (C=O) groups is 1. The van der Waals surface area contributed by atoms with E-state index in [4.69, 9.17) is 0 Å². The molecule has 1 aromatic rings. The molecule has 0 aliphatic rings. The number of hydrogen-bond donors (Lipinski definition) is 2. The first-order chi connectivity index (χ1) is 10.2. The summed E-state index contributed by atoms with van der Waals surface area (Å²) < 4.78 is 1.04. The van der Waals surface area contributed by atoms with Gasteiger partial charge in [-0.05, 0) is 49.8 Å². The fourth-order valence-corrected chi connectivity index (χ4v) is 2.15. The summed E-state index contributed by atoms with van der Waals surface area (Å²) in [5.41, 5.74) is 1.04. The van der Waals surface area contributed by atoms with E-state index in [2.05, 4.69) is 45.3 Å². The number of halogens is 1. The standard InChI is InChI=1S/C16H24BrN3O/c1-3-20(4-2)13-5-11-18-16(21)19-12-10-14-6-8-15(17)9-7-14/h6-10,12H,3-5,11,13H2,1-2H3,(H2,18,19,21)/b12-10+. The second kappa shape index (κ2) is 10.4. The fraction of sp³-hybridized carbons (Fsp3) is 0.438. The molecule has 0 aromatic heterocycles. The Labute approximate surface area is 135 Å². The highest BCUT2D eigenvalue weighted by Gasteiger charge is 1.99. The van der Waals surface area contributed by atoms with Gasteiger partial charge in [-0.1, -0.05) is 41.9 Å². The third-order valence-corrected chi connectivity index (χ3v) is 3.72. The van der Waals surface area contributed by atoms with Crippen LogP contribution in [0.1, 0.15) is 25.8 Å². The van der Waals surface area contributed by atoms with Crippen molar-refractivity contribution in [2.45, 2.75) is 20.3 Å². The van der Waals surface area contributed by atoms with Gasteiger partial charge in [-0.15, -0.1) is 0 Å². The Morgan fingerprint density at radius 2 is 1.90 bits per heavy atom. The lowest BCUT2D eigenvalue weighted by Crippen LogP contribution is -2.34.